The van der Waals surface area contributed by atoms with Gasteiger partial charge in [0.15, 0.2) is 5.72 Å². The third kappa shape index (κ3) is 2.68. The number of hydrogen-bond donors (Lipinski definition) is 1. The van der Waals surface area contributed by atoms with E-state index in [0.717, 1.165) is 5.01 Å². The Morgan fingerprint density at radius 2 is 1.90 bits per heavy atom. The van der Waals surface area contributed by atoms with Crippen molar-refractivity contribution in [3.8, 4) is 0 Å². The van der Waals surface area contributed by atoms with E-state index in [2.05, 4.69) is 5.10 Å². The van der Waals surface area contributed by atoms with Crippen LogP contribution in [0.25, 0.3) is 0 Å². The van der Waals surface area contributed by atoms with Gasteiger partial charge in [0.25, 0.3) is 12.3 Å². The molecule has 1 N–H and O–H groups in total. The molecular formula is C15H18F2N2O2. The molecule has 6 heteroatoms. The zero-order valence-corrected chi connectivity index (χ0v) is 12.2. The lowest BCUT2D eigenvalue weighted by atomic mass is 9.80. The van der Waals surface area contributed by atoms with E-state index in [1.54, 1.807) is 51.1 Å². The number of carbonyl (C=O) groups is 1. The molecule has 0 fully saturated rings. The number of benzene rings is 1. The van der Waals surface area contributed by atoms with Crippen molar-refractivity contribution in [3.63, 3.8) is 0 Å². The van der Waals surface area contributed by atoms with Crippen LogP contribution >= 0.6 is 0 Å². The summed E-state index contributed by atoms with van der Waals surface area (Å²) in [6.45, 7) is 5.05. The second kappa shape index (κ2) is 5.18. The highest BCUT2D eigenvalue weighted by atomic mass is 19.3. The van der Waals surface area contributed by atoms with E-state index in [1.165, 1.54) is 0 Å². The normalized spacial score (nSPS) is 22.6. The van der Waals surface area contributed by atoms with Gasteiger partial charge in [-0.15, -0.1) is 0 Å². The minimum absolute atomic E-state index is 0.291. The highest BCUT2D eigenvalue weighted by Gasteiger charge is 2.53. The number of amides is 1. The second-order valence-corrected chi connectivity index (χ2v) is 6.12. The summed E-state index contributed by atoms with van der Waals surface area (Å²) >= 11 is 0. The molecule has 4 nitrogen and oxygen atoms in total. The van der Waals surface area contributed by atoms with Crippen molar-refractivity contribution < 1.29 is 18.7 Å². The van der Waals surface area contributed by atoms with E-state index < -0.39 is 29.2 Å². The maximum Gasteiger partial charge on any atom is 0.278 e. The summed E-state index contributed by atoms with van der Waals surface area (Å²) in [7, 11) is 0. The number of hydrazone groups is 1. The minimum Gasteiger partial charge on any atom is -0.368 e. The van der Waals surface area contributed by atoms with Crippen LogP contribution in [0.3, 0.4) is 0 Å². The van der Waals surface area contributed by atoms with Crippen LogP contribution in [0.15, 0.2) is 35.4 Å². The van der Waals surface area contributed by atoms with Gasteiger partial charge in [-0.05, 0) is 12.1 Å². The lowest BCUT2D eigenvalue weighted by Crippen LogP contribution is -2.55. The lowest BCUT2D eigenvalue weighted by molar-refractivity contribution is -0.143. The SMILES string of the molecule is CC(C)(C)[C@]1(O)CC(C(F)F)=NN1C(=O)c1ccccc1. The quantitative estimate of drug-likeness (QED) is 0.912. The average molecular weight is 296 g/mol. The summed E-state index contributed by atoms with van der Waals surface area (Å²) in [6.07, 6.45) is -3.15. The number of alkyl halides is 2. The Labute approximate surface area is 122 Å². The number of hydrogen-bond acceptors (Lipinski definition) is 3. The van der Waals surface area contributed by atoms with Gasteiger partial charge in [-0.25, -0.2) is 8.78 Å². The van der Waals surface area contributed by atoms with Crippen LogP contribution in [-0.4, -0.2) is 33.9 Å². The summed E-state index contributed by atoms with van der Waals surface area (Å²) in [6, 6.07) is 8.18. The van der Waals surface area contributed by atoms with Crippen molar-refractivity contribution >= 4 is 11.6 Å². The Balaban J connectivity index is 2.44. The molecule has 0 unspecified atom stereocenters. The standard InChI is InChI=1S/C15H18F2N2O2/c1-14(2,3)15(21)9-11(12(16)17)18-19(15)13(20)10-7-5-4-6-8-10/h4-8,12,21H,9H2,1-3H3/t15-/m1/s1. The van der Waals surface area contributed by atoms with Crippen LogP contribution in [0, 0.1) is 5.41 Å². The predicted molar refractivity (Wildman–Crippen MR) is 75.1 cm³/mol. The molecule has 114 valence electrons. The molecular weight excluding hydrogens is 278 g/mol. The number of nitrogens with zero attached hydrogens (tertiary/aromatic N) is 2. The molecule has 1 atom stereocenters. The van der Waals surface area contributed by atoms with Gasteiger partial charge >= 0.3 is 0 Å². The van der Waals surface area contributed by atoms with Gasteiger partial charge in [-0.2, -0.15) is 10.1 Å². The summed E-state index contributed by atoms with van der Waals surface area (Å²) < 4.78 is 25.9. The number of rotatable bonds is 2. The van der Waals surface area contributed by atoms with E-state index in [1.807, 2.05) is 0 Å². The first-order valence-electron chi connectivity index (χ1n) is 6.64. The van der Waals surface area contributed by atoms with Gasteiger partial charge in [0.1, 0.15) is 5.71 Å². The van der Waals surface area contributed by atoms with Crippen LogP contribution < -0.4 is 0 Å². The van der Waals surface area contributed by atoms with Gasteiger partial charge in [-0.3, -0.25) is 4.79 Å². The monoisotopic (exact) mass is 296 g/mol. The van der Waals surface area contributed by atoms with E-state index in [0.29, 0.717) is 5.56 Å². The van der Waals surface area contributed by atoms with Crippen molar-refractivity contribution in [2.45, 2.75) is 39.3 Å². The Morgan fingerprint density at radius 3 is 2.38 bits per heavy atom. The van der Waals surface area contributed by atoms with Crippen molar-refractivity contribution in [2.24, 2.45) is 10.5 Å². The Morgan fingerprint density at radius 1 is 1.33 bits per heavy atom. The van der Waals surface area contributed by atoms with Crippen LogP contribution in [-0.2, 0) is 0 Å². The molecule has 1 aliphatic heterocycles. The van der Waals surface area contributed by atoms with Crippen LogP contribution in [0.1, 0.15) is 37.6 Å². The average Bonchev–Trinajstić information content (AvgIpc) is 2.78. The highest BCUT2D eigenvalue weighted by molar-refractivity contribution is 5.99. The largest absolute Gasteiger partial charge is 0.368 e. The molecule has 1 aliphatic rings. The summed E-state index contributed by atoms with van der Waals surface area (Å²) in [5.74, 6) is -0.594. The number of halogens is 2. The van der Waals surface area contributed by atoms with Gasteiger partial charge in [0.2, 0.25) is 0 Å². The van der Waals surface area contributed by atoms with E-state index >= 15 is 0 Å². The lowest BCUT2D eigenvalue weighted by Gasteiger charge is -2.41. The first-order valence-corrected chi connectivity index (χ1v) is 6.64. The number of aliphatic hydroxyl groups is 1. The number of carbonyl (C=O) groups excluding carboxylic acids is 1. The summed E-state index contributed by atoms with van der Waals surface area (Å²) in [5, 5.41) is 15.3. The maximum atomic E-state index is 12.9. The Bertz CT molecular complexity index is 567. The fourth-order valence-corrected chi connectivity index (χ4v) is 2.19. The van der Waals surface area contributed by atoms with Crippen molar-refractivity contribution in [2.75, 3.05) is 0 Å². The van der Waals surface area contributed by atoms with Crippen molar-refractivity contribution in [1.29, 1.82) is 0 Å². The summed E-state index contributed by atoms with van der Waals surface area (Å²) in [4.78, 5) is 12.5. The molecule has 0 saturated carbocycles. The molecule has 1 aromatic carbocycles. The molecule has 1 aromatic rings. The van der Waals surface area contributed by atoms with Crippen molar-refractivity contribution in [1.82, 2.24) is 5.01 Å². The van der Waals surface area contributed by atoms with Gasteiger partial charge in [0, 0.05) is 17.4 Å². The van der Waals surface area contributed by atoms with Gasteiger partial charge in [0.05, 0.1) is 0 Å². The molecule has 0 bridgehead atoms. The fraction of sp³-hybridized carbons (Fsp3) is 0.467. The molecule has 0 radical (unpaired) electrons. The molecule has 0 aliphatic carbocycles. The first kappa shape index (κ1) is 15.6. The summed E-state index contributed by atoms with van der Waals surface area (Å²) in [5.41, 5.74) is -2.78. The zero-order valence-electron chi connectivity index (χ0n) is 12.2. The van der Waals surface area contributed by atoms with Gasteiger partial charge in [-0.1, -0.05) is 39.0 Å². The second-order valence-electron chi connectivity index (χ2n) is 6.12. The van der Waals surface area contributed by atoms with Crippen LogP contribution in [0.5, 0.6) is 0 Å². The molecule has 0 aromatic heterocycles. The van der Waals surface area contributed by atoms with Crippen LogP contribution in [0.2, 0.25) is 0 Å². The molecule has 1 amide bonds. The minimum atomic E-state index is -2.80. The van der Waals surface area contributed by atoms with Crippen LogP contribution in [0.4, 0.5) is 8.78 Å². The predicted octanol–water partition coefficient (Wildman–Crippen LogP) is 2.89. The van der Waals surface area contributed by atoms with E-state index in [-0.39, 0.29) is 6.42 Å². The molecule has 21 heavy (non-hydrogen) atoms. The van der Waals surface area contributed by atoms with E-state index in [9.17, 15) is 18.7 Å². The first-order chi connectivity index (χ1) is 9.67. The topological polar surface area (TPSA) is 52.9 Å². The third-order valence-electron chi connectivity index (χ3n) is 3.67. The smallest absolute Gasteiger partial charge is 0.278 e. The molecule has 0 saturated heterocycles. The molecule has 0 spiro atoms. The van der Waals surface area contributed by atoms with E-state index in [4.69, 9.17) is 0 Å². The van der Waals surface area contributed by atoms with Gasteiger partial charge < -0.3 is 5.11 Å². The molecule has 1 heterocycles. The Hall–Kier alpha value is -1.82. The Kier molecular flexibility index (Phi) is 3.84. The third-order valence-corrected chi connectivity index (χ3v) is 3.67. The highest BCUT2D eigenvalue weighted by Crippen LogP contribution is 2.42. The fourth-order valence-electron chi connectivity index (χ4n) is 2.19. The van der Waals surface area contributed by atoms with Crippen molar-refractivity contribution in [3.05, 3.63) is 35.9 Å². The zero-order chi connectivity index (χ0) is 15.8. The maximum absolute atomic E-state index is 12.9. The molecule has 2 rings (SSSR count).